The predicted octanol–water partition coefficient (Wildman–Crippen LogP) is 3.70. The zero-order chi connectivity index (χ0) is 19.8. The summed E-state index contributed by atoms with van der Waals surface area (Å²) in [4.78, 5) is 22.6. The van der Waals surface area contributed by atoms with Crippen LogP contribution in [-0.2, 0) is 0 Å². The number of aliphatic hydroxyl groups excluding tert-OH is 1. The number of fused-ring (bicyclic) bond motifs is 3. The van der Waals surface area contributed by atoms with E-state index in [0.717, 1.165) is 59.3 Å². The van der Waals surface area contributed by atoms with E-state index in [2.05, 4.69) is 20.2 Å². The predicted molar refractivity (Wildman–Crippen MR) is 112 cm³/mol. The summed E-state index contributed by atoms with van der Waals surface area (Å²) < 4.78 is 3.40. The van der Waals surface area contributed by atoms with Gasteiger partial charge in [0.2, 0.25) is 0 Å². The first-order valence-electron chi connectivity index (χ1n) is 9.83. The van der Waals surface area contributed by atoms with Crippen LogP contribution in [0.15, 0.2) is 17.6 Å². The van der Waals surface area contributed by atoms with Gasteiger partial charge in [-0.2, -0.15) is 0 Å². The molecule has 3 aromatic rings. The number of rotatable bonds is 4. The molecule has 7 nitrogen and oxygen atoms in total. The van der Waals surface area contributed by atoms with E-state index < -0.39 is 6.10 Å². The van der Waals surface area contributed by atoms with Gasteiger partial charge >= 0.3 is 6.03 Å². The van der Waals surface area contributed by atoms with E-state index >= 15 is 0 Å². The summed E-state index contributed by atoms with van der Waals surface area (Å²) in [6.45, 7) is 2.50. The SMILES string of the molecule is C[C@@H](O)c1nc2cnc3ccsc3c2n1[C@H]1CC[C@H](CNC(=O)N(C)C)CC1. The molecule has 3 aromatic heterocycles. The molecule has 3 heterocycles. The number of hydrogen-bond acceptors (Lipinski definition) is 5. The van der Waals surface area contributed by atoms with E-state index in [0.29, 0.717) is 12.0 Å². The van der Waals surface area contributed by atoms with Gasteiger partial charge in [0.15, 0.2) is 0 Å². The number of carbonyl (C=O) groups is 1. The molecule has 0 aromatic carbocycles. The van der Waals surface area contributed by atoms with E-state index in [9.17, 15) is 9.90 Å². The molecule has 28 heavy (non-hydrogen) atoms. The molecule has 1 saturated carbocycles. The first-order chi connectivity index (χ1) is 13.5. The molecule has 4 rings (SSSR count). The third kappa shape index (κ3) is 3.46. The lowest BCUT2D eigenvalue weighted by molar-refractivity contribution is 0.174. The Hall–Kier alpha value is -2.19. The van der Waals surface area contributed by atoms with Crippen molar-refractivity contribution < 1.29 is 9.90 Å². The highest BCUT2D eigenvalue weighted by Gasteiger charge is 2.28. The van der Waals surface area contributed by atoms with Crippen LogP contribution < -0.4 is 5.32 Å². The lowest BCUT2D eigenvalue weighted by Crippen LogP contribution is -2.38. The van der Waals surface area contributed by atoms with Crippen LogP contribution in [0.2, 0.25) is 0 Å². The van der Waals surface area contributed by atoms with Crippen molar-refractivity contribution in [2.75, 3.05) is 20.6 Å². The molecule has 2 N–H and O–H groups in total. The first kappa shape index (κ1) is 19.1. The monoisotopic (exact) mass is 401 g/mol. The molecule has 0 unspecified atom stereocenters. The molecule has 0 bridgehead atoms. The van der Waals surface area contributed by atoms with E-state index in [4.69, 9.17) is 4.98 Å². The quantitative estimate of drug-likeness (QED) is 0.698. The molecule has 1 aliphatic carbocycles. The summed E-state index contributed by atoms with van der Waals surface area (Å²) >= 11 is 1.68. The van der Waals surface area contributed by atoms with Crippen LogP contribution in [0.5, 0.6) is 0 Å². The molecule has 150 valence electrons. The van der Waals surface area contributed by atoms with Gasteiger partial charge in [0, 0.05) is 26.7 Å². The van der Waals surface area contributed by atoms with Crippen LogP contribution in [0.25, 0.3) is 21.3 Å². The molecule has 0 spiro atoms. The fourth-order valence-corrected chi connectivity index (χ4v) is 5.05. The topological polar surface area (TPSA) is 83.3 Å². The molecule has 1 atom stereocenters. The number of amides is 2. The normalized spacial score (nSPS) is 21.1. The minimum Gasteiger partial charge on any atom is -0.385 e. The third-order valence-electron chi connectivity index (χ3n) is 5.65. The fraction of sp³-hybridized carbons (Fsp3) is 0.550. The summed E-state index contributed by atoms with van der Waals surface area (Å²) in [7, 11) is 3.52. The average molecular weight is 402 g/mol. The second kappa shape index (κ2) is 7.67. The third-order valence-corrected chi connectivity index (χ3v) is 6.56. The molecule has 1 fully saturated rings. The highest BCUT2D eigenvalue weighted by Crippen LogP contribution is 2.39. The van der Waals surface area contributed by atoms with Crippen molar-refractivity contribution >= 4 is 38.6 Å². The van der Waals surface area contributed by atoms with Gasteiger partial charge in [0.1, 0.15) is 17.4 Å². The maximum Gasteiger partial charge on any atom is 0.316 e. The molecular formula is C20H27N5O2S. The van der Waals surface area contributed by atoms with E-state index in [1.54, 1.807) is 37.3 Å². The molecule has 8 heteroatoms. The summed E-state index contributed by atoms with van der Waals surface area (Å²) in [5, 5.41) is 15.4. The van der Waals surface area contributed by atoms with E-state index in [-0.39, 0.29) is 6.03 Å². The number of pyridine rings is 1. The number of carbonyl (C=O) groups excluding carboxylic acids is 1. The Morgan fingerprint density at radius 3 is 2.79 bits per heavy atom. The van der Waals surface area contributed by atoms with Crippen molar-refractivity contribution in [3.05, 3.63) is 23.5 Å². The number of thiophene rings is 1. The molecular weight excluding hydrogens is 374 g/mol. The lowest BCUT2D eigenvalue weighted by Gasteiger charge is -2.31. The molecule has 0 saturated heterocycles. The molecule has 1 aliphatic rings. The van der Waals surface area contributed by atoms with E-state index in [1.807, 2.05) is 12.3 Å². The summed E-state index contributed by atoms with van der Waals surface area (Å²) in [6, 6.07) is 2.30. The van der Waals surface area contributed by atoms with Gasteiger partial charge in [-0.25, -0.2) is 9.78 Å². The van der Waals surface area contributed by atoms with Crippen LogP contribution >= 0.6 is 11.3 Å². The van der Waals surface area contributed by atoms with Crippen LogP contribution in [-0.4, -0.2) is 51.2 Å². The molecule has 2 amide bonds. The Balaban J connectivity index is 1.58. The van der Waals surface area contributed by atoms with Crippen LogP contribution in [0.1, 0.15) is 50.6 Å². The Labute approximate surface area is 168 Å². The molecule has 0 radical (unpaired) electrons. The number of nitrogens with zero attached hydrogens (tertiary/aromatic N) is 4. The summed E-state index contributed by atoms with van der Waals surface area (Å²) in [6.07, 6.45) is 5.33. The Bertz CT molecular complexity index is 985. The van der Waals surface area contributed by atoms with Gasteiger partial charge in [-0.3, -0.25) is 4.98 Å². The number of aromatic nitrogens is 3. The Morgan fingerprint density at radius 2 is 2.11 bits per heavy atom. The molecule has 0 aliphatic heterocycles. The lowest BCUT2D eigenvalue weighted by atomic mass is 9.85. The number of nitrogens with one attached hydrogen (secondary N) is 1. The highest BCUT2D eigenvalue weighted by atomic mass is 32.1. The van der Waals surface area contributed by atoms with Crippen molar-refractivity contribution in [3.8, 4) is 0 Å². The van der Waals surface area contributed by atoms with E-state index in [1.165, 1.54) is 0 Å². The summed E-state index contributed by atoms with van der Waals surface area (Å²) in [5.74, 6) is 1.22. The number of imidazole rings is 1. The van der Waals surface area contributed by atoms with Gasteiger partial charge in [0.25, 0.3) is 0 Å². The number of hydrogen-bond donors (Lipinski definition) is 2. The zero-order valence-electron chi connectivity index (χ0n) is 16.6. The largest absolute Gasteiger partial charge is 0.385 e. The highest BCUT2D eigenvalue weighted by molar-refractivity contribution is 7.18. The Morgan fingerprint density at radius 1 is 1.36 bits per heavy atom. The zero-order valence-corrected chi connectivity index (χ0v) is 17.4. The smallest absolute Gasteiger partial charge is 0.316 e. The maximum atomic E-state index is 11.8. The van der Waals surface area contributed by atoms with Gasteiger partial charge in [-0.1, -0.05) is 0 Å². The standard InChI is InChI=1S/C20H27N5O2S/c1-12(26)19-23-16-11-21-15-8-9-28-18(15)17(16)25(19)14-6-4-13(5-7-14)10-22-20(27)24(2)3/h8-9,11-14,26H,4-7,10H2,1-3H3,(H,22,27)/t12-,13-,14-/m1/s1. The van der Waals surface area contributed by atoms with Crippen molar-refractivity contribution in [3.63, 3.8) is 0 Å². The maximum absolute atomic E-state index is 11.8. The van der Waals surface area contributed by atoms with Crippen molar-refractivity contribution in [2.45, 2.75) is 44.8 Å². The van der Waals surface area contributed by atoms with Crippen molar-refractivity contribution in [1.29, 1.82) is 0 Å². The van der Waals surface area contributed by atoms with Gasteiger partial charge in [-0.05, 0) is 50.0 Å². The second-order valence-corrected chi connectivity index (χ2v) is 8.81. The fourth-order valence-electron chi connectivity index (χ4n) is 4.16. The van der Waals surface area contributed by atoms with Gasteiger partial charge in [-0.15, -0.1) is 11.3 Å². The first-order valence-corrected chi connectivity index (χ1v) is 10.7. The Kier molecular flexibility index (Phi) is 5.25. The average Bonchev–Trinajstić information content (AvgIpc) is 3.30. The number of urea groups is 1. The van der Waals surface area contributed by atoms with Gasteiger partial charge in [0.05, 0.1) is 21.9 Å². The minimum absolute atomic E-state index is 0.0355. The van der Waals surface area contributed by atoms with Crippen LogP contribution in [0.3, 0.4) is 0 Å². The van der Waals surface area contributed by atoms with Gasteiger partial charge < -0.3 is 19.9 Å². The minimum atomic E-state index is -0.625. The number of aliphatic hydroxyl groups is 1. The van der Waals surface area contributed by atoms with Crippen molar-refractivity contribution in [1.82, 2.24) is 24.8 Å². The van der Waals surface area contributed by atoms with Crippen LogP contribution in [0.4, 0.5) is 4.79 Å². The van der Waals surface area contributed by atoms with Crippen molar-refractivity contribution in [2.24, 2.45) is 5.92 Å². The van der Waals surface area contributed by atoms with Crippen LogP contribution in [0, 0.1) is 5.92 Å². The second-order valence-electron chi connectivity index (χ2n) is 7.90. The summed E-state index contributed by atoms with van der Waals surface area (Å²) in [5.41, 5.74) is 2.93.